The standard InChI is InChI=1S/C12H22N4/c1-11-9-16(6-3-5-13-11)7-4-12-8-14-15(2)10-12/h8,10-11,13H,3-7,9H2,1-2H3. The van der Waals surface area contributed by atoms with E-state index < -0.39 is 0 Å². The van der Waals surface area contributed by atoms with E-state index in [0.29, 0.717) is 6.04 Å². The molecule has 1 aromatic rings. The Labute approximate surface area is 97.6 Å². The third-order valence-electron chi connectivity index (χ3n) is 3.15. The van der Waals surface area contributed by atoms with Gasteiger partial charge in [0.25, 0.3) is 0 Å². The maximum atomic E-state index is 4.20. The molecular weight excluding hydrogens is 200 g/mol. The van der Waals surface area contributed by atoms with Crippen LogP contribution in [-0.4, -0.2) is 46.9 Å². The number of aromatic nitrogens is 2. The zero-order valence-corrected chi connectivity index (χ0v) is 10.3. The third-order valence-corrected chi connectivity index (χ3v) is 3.15. The largest absolute Gasteiger partial charge is 0.313 e. The molecule has 1 aliphatic heterocycles. The summed E-state index contributed by atoms with van der Waals surface area (Å²) in [7, 11) is 1.97. The van der Waals surface area contributed by atoms with Gasteiger partial charge in [-0.05, 0) is 38.4 Å². The zero-order valence-electron chi connectivity index (χ0n) is 10.3. The number of nitrogens with one attached hydrogen (secondary N) is 1. The number of hydrogen-bond acceptors (Lipinski definition) is 3. The average Bonchev–Trinajstić information content (AvgIpc) is 2.55. The minimum absolute atomic E-state index is 0.622. The molecule has 1 fully saturated rings. The van der Waals surface area contributed by atoms with Gasteiger partial charge in [-0.3, -0.25) is 4.68 Å². The Bertz CT molecular complexity index is 321. The summed E-state index contributed by atoms with van der Waals surface area (Å²) in [4.78, 5) is 2.55. The van der Waals surface area contributed by atoms with Gasteiger partial charge in [0.1, 0.15) is 0 Å². The van der Waals surface area contributed by atoms with E-state index >= 15 is 0 Å². The molecule has 0 radical (unpaired) electrons. The van der Waals surface area contributed by atoms with Crippen LogP contribution < -0.4 is 5.32 Å². The van der Waals surface area contributed by atoms with Crippen LogP contribution in [0.15, 0.2) is 12.4 Å². The molecule has 90 valence electrons. The lowest BCUT2D eigenvalue weighted by atomic mass is 10.2. The number of aryl methyl sites for hydroxylation is 1. The molecule has 4 heteroatoms. The molecule has 0 aromatic carbocycles. The van der Waals surface area contributed by atoms with Crippen LogP contribution in [0.25, 0.3) is 0 Å². The molecule has 0 bridgehead atoms. The van der Waals surface area contributed by atoms with Crippen molar-refractivity contribution in [1.29, 1.82) is 0 Å². The zero-order chi connectivity index (χ0) is 11.4. The van der Waals surface area contributed by atoms with Crippen LogP contribution in [-0.2, 0) is 13.5 Å². The van der Waals surface area contributed by atoms with Gasteiger partial charge >= 0.3 is 0 Å². The van der Waals surface area contributed by atoms with Gasteiger partial charge in [-0.1, -0.05) is 0 Å². The maximum Gasteiger partial charge on any atom is 0.0522 e. The van der Waals surface area contributed by atoms with E-state index in [4.69, 9.17) is 0 Å². The highest BCUT2D eigenvalue weighted by Crippen LogP contribution is 2.04. The minimum atomic E-state index is 0.622. The highest BCUT2D eigenvalue weighted by atomic mass is 15.2. The fraction of sp³-hybridized carbons (Fsp3) is 0.750. The third kappa shape index (κ3) is 3.32. The first-order chi connectivity index (χ1) is 7.74. The molecular formula is C12H22N4. The van der Waals surface area contributed by atoms with Crippen LogP contribution in [0, 0.1) is 0 Å². The molecule has 1 saturated heterocycles. The van der Waals surface area contributed by atoms with Gasteiger partial charge in [0.05, 0.1) is 6.20 Å². The van der Waals surface area contributed by atoms with Crippen molar-refractivity contribution in [3.8, 4) is 0 Å². The minimum Gasteiger partial charge on any atom is -0.313 e. The van der Waals surface area contributed by atoms with Crippen LogP contribution >= 0.6 is 0 Å². The van der Waals surface area contributed by atoms with E-state index in [1.54, 1.807) is 0 Å². The number of rotatable bonds is 3. The second-order valence-electron chi connectivity index (χ2n) is 4.78. The van der Waals surface area contributed by atoms with E-state index in [1.807, 2.05) is 17.9 Å². The summed E-state index contributed by atoms with van der Waals surface area (Å²) >= 11 is 0. The lowest BCUT2D eigenvalue weighted by molar-refractivity contribution is 0.276. The average molecular weight is 222 g/mol. The fourth-order valence-electron chi connectivity index (χ4n) is 2.29. The first-order valence-electron chi connectivity index (χ1n) is 6.17. The van der Waals surface area contributed by atoms with Crippen molar-refractivity contribution in [3.05, 3.63) is 18.0 Å². The molecule has 0 saturated carbocycles. The molecule has 0 aliphatic carbocycles. The monoisotopic (exact) mass is 222 g/mol. The van der Waals surface area contributed by atoms with Crippen molar-refractivity contribution < 1.29 is 0 Å². The predicted octanol–water partition coefficient (Wildman–Crippen LogP) is 0.646. The lowest BCUT2D eigenvalue weighted by Gasteiger charge is -2.21. The van der Waals surface area contributed by atoms with Crippen LogP contribution in [0.5, 0.6) is 0 Å². The summed E-state index contributed by atoms with van der Waals surface area (Å²) in [6.07, 6.45) is 6.46. The summed E-state index contributed by atoms with van der Waals surface area (Å²) in [6, 6.07) is 0.622. The Morgan fingerprint density at radius 3 is 3.19 bits per heavy atom. The van der Waals surface area contributed by atoms with Gasteiger partial charge < -0.3 is 10.2 Å². The Balaban J connectivity index is 1.80. The van der Waals surface area contributed by atoms with E-state index in [2.05, 4.69) is 28.4 Å². The molecule has 1 atom stereocenters. The molecule has 2 heterocycles. The Hall–Kier alpha value is -0.870. The van der Waals surface area contributed by atoms with Crippen molar-refractivity contribution in [1.82, 2.24) is 20.0 Å². The van der Waals surface area contributed by atoms with E-state index in [1.165, 1.54) is 25.1 Å². The van der Waals surface area contributed by atoms with Gasteiger partial charge in [-0.15, -0.1) is 0 Å². The normalized spacial score (nSPS) is 23.2. The van der Waals surface area contributed by atoms with Crippen molar-refractivity contribution >= 4 is 0 Å². The first-order valence-corrected chi connectivity index (χ1v) is 6.17. The van der Waals surface area contributed by atoms with Crippen LogP contribution in [0.1, 0.15) is 18.9 Å². The second-order valence-corrected chi connectivity index (χ2v) is 4.78. The van der Waals surface area contributed by atoms with Gasteiger partial charge in [0.15, 0.2) is 0 Å². The van der Waals surface area contributed by atoms with E-state index in [9.17, 15) is 0 Å². The van der Waals surface area contributed by atoms with Crippen LogP contribution in [0.3, 0.4) is 0 Å². The summed E-state index contributed by atoms with van der Waals surface area (Å²) in [5, 5.41) is 7.72. The lowest BCUT2D eigenvalue weighted by Crippen LogP contribution is -2.36. The second kappa shape index (κ2) is 5.46. The topological polar surface area (TPSA) is 33.1 Å². The summed E-state index contributed by atoms with van der Waals surface area (Å²) in [6.45, 7) is 6.96. The maximum absolute atomic E-state index is 4.20. The highest BCUT2D eigenvalue weighted by Gasteiger charge is 2.13. The van der Waals surface area contributed by atoms with Gasteiger partial charge in [-0.2, -0.15) is 5.10 Å². The number of nitrogens with zero attached hydrogens (tertiary/aromatic N) is 3. The SMILES string of the molecule is CC1CN(CCc2cnn(C)c2)CCCN1. The molecule has 2 rings (SSSR count). The summed E-state index contributed by atoms with van der Waals surface area (Å²) < 4.78 is 1.88. The first kappa shape index (κ1) is 11.6. The van der Waals surface area contributed by atoms with Crippen molar-refractivity contribution in [3.63, 3.8) is 0 Å². The fourth-order valence-corrected chi connectivity index (χ4v) is 2.29. The van der Waals surface area contributed by atoms with Gasteiger partial charge in [-0.25, -0.2) is 0 Å². The van der Waals surface area contributed by atoms with E-state index in [0.717, 1.165) is 19.5 Å². The van der Waals surface area contributed by atoms with Gasteiger partial charge in [0, 0.05) is 32.4 Å². The molecule has 1 aliphatic rings. The predicted molar refractivity (Wildman–Crippen MR) is 65.4 cm³/mol. The molecule has 1 aromatic heterocycles. The quantitative estimate of drug-likeness (QED) is 0.815. The van der Waals surface area contributed by atoms with Crippen LogP contribution in [0.4, 0.5) is 0 Å². The smallest absolute Gasteiger partial charge is 0.0522 e. The molecule has 1 N–H and O–H groups in total. The van der Waals surface area contributed by atoms with Crippen LogP contribution in [0.2, 0.25) is 0 Å². The summed E-state index contributed by atoms with van der Waals surface area (Å²) in [5.41, 5.74) is 1.34. The molecule has 0 amide bonds. The van der Waals surface area contributed by atoms with Gasteiger partial charge in [0.2, 0.25) is 0 Å². The molecule has 1 unspecified atom stereocenters. The van der Waals surface area contributed by atoms with Crippen molar-refractivity contribution in [2.24, 2.45) is 7.05 Å². The Morgan fingerprint density at radius 2 is 2.44 bits per heavy atom. The molecule has 16 heavy (non-hydrogen) atoms. The van der Waals surface area contributed by atoms with Crippen molar-refractivity contribution in [2.45, 2.75) is 25.8 Å². The molecule has 0 spiro atoms. The summed E-state index contributed by atoms with van der Waals surface area (Å²) in [5.74, 6) is 0. The number of hydrogen-bond donors (Lipinski definition) is 1. The van der Waals surface area contributed by atoms with Crippen molar-refractivity contribution in [2.75, 3.05) is 26.2 Å². The Kier molecular flexibility index (Phi) is 3.96. The van der Waals surface area contributed by atoms with E-state index in [-0.39, 0.29) is 0 Å². The molecule has 4 nitrogen and oxygen atoms in total. The highest BCUT2D eigenvalue weighted by molar-refractivity contribution is 5.04. The Morgan fingerprint density at radius 1 is 1.56 bits per heavy atom.